The van der Waals surface area contributed by atoms with Crippen molar-refractivity contribution in [3.63, 3.8) is 0 Å². The fourth-order valence-corrected chi connectivity index (χ4v) is 1.47. The highest BCUT2D eigenvalue weighted by molar-refractivity contribution is 14.0. The van der Waals surface area contributed by atoms with E-state index >= 15 is 0 Å². The number of halogens is 4. The Labute approximate surface area is 136 Å². The number of hydrogen-bond acceptors (Lipinski definition) is 2. The first-order valence-electron chi connectivity index (χ1n) is 6.49. The van der Waals surface area contributed by atoms with Crippen LogP contribution >= 0.6 is 24.0 Å². The summed E-state index contributed by atoms with van der Waals surface area (Å²) in [6, 6.07) is 0.0953. The van der Waals surface area contributed by atoms with Crippen LogP contribution in [-0.4, -0.2) is 45.0 Å². The first-order valence-corrected chi connectivity index (χ1v) is 6.49. The van der Waals surface area contributed by atoms with Crippen molar-refractivity contribution in [1.82, 2.24) is 10.6 Å². The standard InChI is InChI=1S/C12H24F3N3O.HI/c1-4-16-11(18-10(2)9-19-3)17-8-6-5-7-12(13,14)15;/h10H,4-9H2,1-3H3,(H2,16,17,18);1H. The van der Waals surface area contributed by atoms with Gasteiger partial charge in [0.1, 0.15) is 0 Å². The second-order valence-corrected chi connectivity index (χ2v) is 4.33. The third-order valence-corrected chi connectivity index (χ3v) is 2.28. The van der Waals surface area contributed by atoms with Gasteiger partial charge in [0.25, 0.3) is 0 Å². The Kier molecular flexibility index (Phi) is 13.8. The number of unbranched alkanes of at least 4 members (excludes halogenated alkanes) is 1. The van der Waals surface area contributed by atoms with Crippen molar-refractivity contribution in [2.24, 2.45) is 4.99 Å². The molecule has 0 saturated carbocycles. The number of nitrogens with one attached hydrogen (secondary N) is 2. The fourth-order valence-electron chi connectivity index (χ4n) is 1.47. The SMILES string of the molecule is CCNC(=NCCCCC(F)(F)F)NC(C)COC.I. The first-order chi connectivity index (χ1) is 8.89. The average molecular weight is 411 g/mol. The van der Waals surface area contributed by atoms with Crippen LogP contribution in [0.5, 0.6) is 0 Å². The molecule has 0 aliphatic rings. The Morgan fingerprint density at radius 1 is 1.30 bits per heavy atom. The highest BCUT2D eigenvalue weighted by Crippen LogP contribution is 2.21. The van der Waals surface area contributed by atoms with Crippen LogP contribution in [0, 0.1) is 0 Å². The largest absolute Gasteiger partial charge is 0.389 e. The molecule has 0 aromatic heterocycles. The van der Waals surface area contributed by atoms with Gasteiger partial charge in [0.2, 0.25) is 0 Å². The zero-order valence-electron chi connectivity index (χ0n) is 12.2. The summed E-state index contributed by atoms with van der Waals surface area (Å²) >= 11 is 0. The zero-order valence-corrected chi connectivity index (χ0v) is 14.5. The van der Waals surface area contributed by atoms with Gasteiger partial charge in [-0.2, -0.15) is 13.2 Å². The van der Waals surface area contributed by atoms with Gasteiger partial charge in [-0.15, -0.1) is 24.0 Å². The van der Waals surface area contributed by atoms with Gasteiger partial charge in [-0.05, 0) is 26.7 Å². The molecule has 0 aliphatic carbocycles. The summed E-state index contributed by atoms with van der Waals surface area (Å²) < 4.78 is 40.8. The highest BCUT2D eigenvalue weighted by Gasteiger charge is 2.25. The molecule has 1 unspecified atom stereocenters. The van der Waals surface area contributed by atoms with Gasteiger partial charge in [-0.3, -0.25) is 4.99 Å². The molecule has 0 radical (unpaired) electrons. The number of alkyl halides is 3. The quantitative estimate of drug-likeness (QED) is 0.280. The van der Waals surface area contributed by atoms with Crippen molar-refractivity contribution in [3.8, 4) is 0 Å². The number of rotatable bonds is 8. The molecule has 0 aliphatic heterocycles. The normalized spacial score (nSPS) is 13.6. The van der Waals surface area contributed by atoms with Gasteiger partial charge < -0.3 is 15.4 Å². The minimum Gasteiger partial charge on any atom is -0.383 e. The molecule has 2 N–H and O–H groups in total. The molecular weight excluding hydrogens is 386 g/mol. The van der Waals surface area contributed by atoms with Gasteiger partial charge in [-0.1, -0.05) is 0 Å². The van der Waals surface area contributed by atoms with Crippen molar-refractivity contribution < 1.29 is 17.9 Å². The van der Waals surface area contributed by atoms with Crippen molar-refractivity contribution in [1.29, 1.82) is 0 Å². The maximum atomic E-state index is 11.9. The van der Waals surface area contributed by atoms with Crippen molar-refractivity contribution in [2.75, 3.05) is 26.8 Å². The van der Waals surface area contributed by atoms with Crippen LogP contribution < -0.4 is 10.6 Å². The minimum atomic E-state index is -4.07. The van der Waals surface area contributed by atoms with E-state index in [9.17, 15) is 13.2 Å². The number of aliphatic imine (C=N–C) groups is 1. The molecule has 1 atom stereocenters. The first kappa shape index (κ1) is 22.0. The second-order valence-electron chi connectivity index (χ2n) is 4.33. The molecule has 4 nitrogen and oxygen atoms in total. The summed E-state index contributed by atoms with van der Waals surface area (Å²) in [6.07, 6.45) is -4.28. The summed E-state index contributed by atoms with van der Waals surface area (Å²) in [5.41, 5.74) is 0. The predicted octanol–water partition coefficient (Wildman–Crippen LogP) is 2.93. The topological polar surface area (TPSA) is 45.7 Å². The molecule has 0 spiro atoms. The molecule has 0 aromatic rings. The van der Waals surface area contributed by atoms with E-state index in [0.717, 1.165) is 0 Å². The van der Waals surface area contributed by atoms with Crippen LogP contribution in [0.3, 0.4) is 0 Å². The maximum absolute atomic E-state index is 11.9. The Morgan fingerprint density at radius 2 is 1.95 bits per heavy atom. The van der Waals surface area contributed by atoms with Gasteiger partial charge in [-0.25, -0.2) is 0 Å². The molecule has 20 heavy (non-hydrogen) atoms. The number of guanidine groups is 1. The summed E-state index contributed by atoms with van der Waals surface area (Å²) in [5, 5.41) is 6.16. The zero-order chi connectivity index (χ0) is 14.7. The lowest BCUT2D eigenvalue weighted by atomic mass is 10.2. The third-order valence-electron chi connectivity index (χ3n) is 2.28. The minimum absolute atomic E-state index is 0. The lowest BCUT2D eigenvalue weighted by Crippen LogP contribution is -2.44. The molecule has 0 saturated heterocycles. The van der Waals surface area contributed by atoms with E-state index in [1.54, 1.807) is 7.11 Å². The van der Waals surface area contributed by atoms with Crippen LogP contribution in [0.1, 0.15) is 33.1 Å². The number of nitrogens with zero attached hydrogens (tertiary/aromatic N) is 1. The maximum Gasteiger partial charge on any atom is 0.389 e. The van der Waals surface area contributed by atoms with E-state index in [0.29, 0.717) is 32.1 Å². The monoisotopic (exact) mass is 411 g/mol. The molecule has 0 heterocycles. The third kappa shape index (κ3) is 14.2. The summed E-state index contributed by atoms with van der Waals surface area (Å²) in [5.74, 6) is 0.610. The molecule has 0 amide bonds. The Morgan fingerprint density at radius 3 is 2.45 bits per heavy atom. The molecule has 122 valence electrons. The predicted molar refractivity (Wildman–Crippen MR) is 85.8 cm³/mol. The summed E-state index contributed by atoms with van der Waals surface area (Å²) in [6.45, 7) is 5.50. The van der Waals surface area contributed by atoms with E-state index < -0.39 is 12.6 Å². The summed E-state index contributed by atoms with van der Waals surface area (Å²) in [7, 11) is 1.61. The van der Waals surface area contributed by atoms with E-state index in [-0.39, 0.29) is 36.4 Å². The van der Waals surface area contributed by atoms with Gasteiger partial charge >= 0.3 is 6.18 Å². The highest BCUT2D eigenvalue weighted by atomic mass is 127. The van der Waals surface area contributed by atoms with Crippen LogP contribution in [0.4, 0.5) is 13.2 Å². The van der Waals surface area contributed by atoms with Gasteiger partial charge in [0.05, 0.1) is 6.61 Å². The van der Waals surface area contributed by atoms with Gasteiger partial charge in [0, 0.05) is 32.7 Å². The molecule has 0 bridgehead atoms. The number of methoxy groups -OCH3 is 1. The molecule has 0 rings (SSSR count). The number of ether oxygens (including phenoxy) is 1. The van der Waals surface area contributed by atoms with E-state index in [4.69, 9.17) is 4.74 Å². The Hall–Kier alpha value is -0.250. The molecular formula is C12H25F3IN3O. The number of hydrogen-bond donors (Lipinski definition) is 2. The molecule has 0 aromatic carbocycles. The van der Waals surface area contributed by atoms with E-state index in [2.05, 4.69) is 15.6 Å². The van der Waals surface area contributed by atoms with Crippen molar-refractivity contribution in [2.45, 2.75) is 45.3 Å². The smallest absolute Gasteiger partial charge is 0.383 e. The Balaban J connectivity index is 0. The van der Waals surface area contributed by atoms with Crippen molar-refractivity contribution in [3.05, 3.63) is 0 Å². The second kappa shape index (κ2) is 12.5. The lowest BCUT2D eigenvalue weighted by Gasteiger charge is -2.16. The van der Waals surface area contributed by atoms with Gasteiger partial charge in [0.15, 0.2) is 5.96 Å². The molecule has 8 heteroatoms. The lowest BCUT2D eigenvalue weighted by molar-refractivity contribution is -0.135. The summed E-state index contributed by atoms with van der Waals surface area (Å²) in [4.78, 5) is 4.23. The fraction of sp³-hybridized carbons (Fsp3) is 0.917. The Bertz CT molecular complexity index is 263. The van der Waals surface area contributed by atoms with E-state index in [1.807, 2.05) is 13.8 Å². The van der Waals surface area contributed by atoms with Crippen LogP contribution in [0.2, 0.25) is 0 Å². The average Bonchev–Trinajstić information content (AvgIpc) is 2.27. The van der Waals surface area contributed by atoms with Crippen LogP contribution in [0.15, 0.2) is 4.99 Å². The van der Waals surface area contributed by atoms with E-state index in [1.165, 1.54) is 0 Å². The van der Waals surface area contributed by atoms with Crippen LogP contribution in [-0.2, 0) is 4.74 Å². The molecule has 0 fully saturated rings. The van der Waals surface area contributed by atoms with Crippen LogP contribution in [0.25, 0.3) is 0 Å². The van der Waals surface area contributed by atoms with Crippen molar-refractivity contribution >= 4 is 29.9 Å².